The van der Waals surface area contributed by atoms with E-state index in [1.54, 1.807) is 17.0 Å². The van der Waals surface area contributed by atoms with Crippen molar-refractivity contribution in [2.45, 2.75) is 26.1 Å². The number of nitrogens with zero attached hydrogens (tertiary/aromatic N) is 1. The van der Waals surface area contributed by atoms with E-state index in [0.717, 1.165) is 4.47 Å². The summed E-state index contributed by atoms with van der Waals surface area (Å²) in [6.07, 6.45) is -0.114. The third-order valence-electron chi connectivity index (χ3n) is 3.69. The van der Waals surface area contributed by atoms with Gasteiger partial charge in [0, 0.05) is 22.9 Å². The zero-order valence-corrected chi connectivity index (χ0v) is 15.8. The summed E-state index contributed by atoms with van der Waals surface area (Å²) in [4.78, 5) is 26.6. The van der Waals surface area contributed by atoms with Crippen molar-refractivity contribution >= 4 is 48.7 Å². The molecule has 23 heavy (non-hydrogen) atoms. The number of ether oxygens (including phenoxy) is 1. The molecule has 1 fully saturated rings. The van der Waals surface area contributed by atoms with Crippen LogP contribution in [0.3, 0.4) is 0 Å². The van der Waals surface area contributed by atoms with Crippen molar-refractivity contribution in [3.05, 3.63) is 43.1 Å². The fourth-order valence-corrected chi connectivity index (χ4v) is 4.16. The summed E-state index contributed by atoms with van der Waals surface area (Å²) in [5.74, 6) is -0.321. The minimum Gasteiger partial charge on any atom is -0.421 e. The van der Waals surface area contributed by atoms with E-state index >= 15 is 0 Å². The first-order valence-electron chi connectivity index (χ1n) is 7.23. The minimum atomic E-state index is -0.627. The van der Waals surface area contributed by atoms with Crippen LogP contribution in [-0.2, 0) is 4.74 Å². The number of morpholine rings is 1. The fourth-order valence-electron chi connectivity index (χ4n) is 2.82. The molecule has 0 spiro atoms. The Morgan fingerprint density at radius 3 is 2.48 bits per heavy atom. The zero-order valence-electron chi connectivity index (χ0n) is 12.6. The number of rotatable bonds is 1. The van der Waals surface area contributed by atoms with Crippen molar-refractivity contribution in [3.63, 3.8) is 0 Å². The summed E-state index contributed by atoms with van der Waals surface area (Å²) in [5.41, 5.74) is -0.153. The van der Waals surface area contributed by atoms with E-state index in [9.17, 15) is 9.59 Å². The van der Waals surface area contributed by atoms with E-state index in [4.69, 9.17) is 9.15 Å². The first-order valence-corrected chi connectivity index (χ1v) is 8.81. The van der Waals surface area contributed by atoms with Crippen LogP contribution in [-0.4, -0.2) is 36.1 Å². The Morgan fingerprint density at radius 1 is 1.17 bits per heavy atom. The lowest BCUT2D eigenvalue weighted by Gasteiger charge is -2.35. The summed E-state index contributed by atoms with van der Waals surface area (Å²) in [5, 5.41) is 0.684. The van der Waals surface area contributed by atoms with E-state index in [1.807, 2.05) is 19.9 Å². The Morgan fingerprint density at radius 2 is 1.83 bits per heavy atom. The molecule has 0 bridgehead atoms. The summed E-state index contributed by atoms with van der Waals surface area (Å²) in [6.45, 7) is 4.74. The number of amides is 1. The van der Waals surface area contributed by atoms with Crippen molar-refractivity contribution in [2.24, 2.45) is 0 Å². The number of benzene rings is 1. The van der Waals surface area contributed by atoms with Crippen molar-refractivity contribution in [3.8, 4) is 0 Å². The Kier molecular flexibility index (Phi) is 4.62. The molecule has 1 aromatic heterocycles. The molecule has 2 unspecified atom stereocenters. The van der Waals surface area contributed by atoms with Crippen molar-refractivity contribution in [1.29, 1.82) is 0 Å². The molecule has 7 heteroatoms. The lowest BCUT2D eigenvalue weighted by Crippen LogP contribution is -2.49. The molecule has 2 heterocycles. The molecule has 3 rings (SSSR count). The van der Waals surface area contributed by atoms with E-state index in [2.05, 4.69) is 31.9 Å². The second-order valence-corrected chi connectivity index (χ2v) is 7.49. The molecular weight excluding hydrogens is 430 g/mol. The second-order valence-electron chi connectivity index (χ2n) is 5.72. The highest BCUT2D eigenvalue weighted by molar-refractivity contribution is 9.11. The third kappa shape index (κ3) is 3.36. The highest BCUT2D eigenvalue weighted by Gasteiger charge is 2.28. The van der Waals surface area contributed by atoms with Crippen LogP contribution in [0.5, 0.6) is 0 Å². The lowest BCUT2D eigenvalue weighted by molar-refractivity contribution is -0.0587. The normalized spacial score (nSPS) is 21.7. The van der Waals surface area contributed by atoms with Gasteiger partial charge in [-0.15, -0.1) is 0 Å². The smallest absolute Gasteiger partial charge is 0.349 e. The number of fused-ring (bicyclic) bond motifs is 1. The second kappa shape index (κ2) is 6.37. The van der Waals surface area contributed by atoms with Crippen LogP contribution in [0.2, 0.25) is 0 Å². The molecule has 0 aliphatic carbocycles. The van der Waals surface area contributed by atoms with Crippen LogP contribution >= 0.6 is 31.9 Å². The lowest BCUT2D eigenvalue weighted by atomic mass is 10.1. The zero-order chi connectivity index (χ0) is 16.7. The predicted molar refractivity (Wildman–Crippen MR) is 93.8 cm³/mol. The van der Waals surface area contributed by atoms with Gasteiger partial charge in [-0.05, 0) is 48.0 Å². The summed E-state index contributed by atoms with van der Waals surface area (Å²) in [7, 11) is 0. The summed E-state index contributed by atoms with van der Waals surface area (Å²) < 4.78 is 12.5. The fraction of sp³-hybridized carbons (Fsp3) is 0.375. The molecule has 1 aromatic carbocycles. The molecule has 122 valence electrons. The van der Waals surface area contributed by atoms with E-state index < -0.39 is 5.63 Å². The maximum absolute atomic E-state index is 12.7. The molecule has 1 aliphatic rings. The van der Waals surface area contributed by atoms with Gasteiger partial charge in [-0.25, -0.2) is 4.79 Å². The van der Waals surface area contributed by atoms with Crippen LogP contribution in [0, 0.1) is 0 Å². The van der Waals surface area contributed by atoms with Gasteiger partial charge in [-0.1, -0.05) is 15.9 Å². The molecule has 0 N–H and O–H groups in total. The highest BCUT2D eigenvalue weighted by Crippen LogP contribution is 2.28. The SMILES string of the molecule is CC1CN(C(=O)c2cc3cc(Br)cc(Br)c3oc2=O)CC(C)O1. The van der Waals surface area contributed by atoms with Gasteiger partial charge in [-0.3, -0.25) is 4.79 Å². The van der Waals surface area contributed by atoms with Gasteiger partial charge in [0.15, 0.2) is 5.58 Å². The first kappa shape index (κ1) is 16.7. The van der Waals surface area contributed by atoms with Crippen molar-refractivity contribution in [1.82, 2.24) is 4.90 Å². The molecule has 2 atom stereocenters. The number of hydrogen-bond donors (Lipinski definition) is 0. The Labute approximate surface area is 149 Å². The number of carbonyl (C=O) groups excluding carboxylic acids is 1. The largest absolute Gasteiger partial charge is 0.421 e. The van der Waals surface area contributed by atoms with Crippen LogP contribution < -0.4 is 5.63 Å². The average Bonchev–Trinajstić information content (AvgIpc) is 2.46. The van der Waals surface area contributed by atoms with Crippen LogP contribution in [0.15, 0.2) is 36.4 Å². The van der Waals surface area contributed by atoms with Gasteiger partial charge in [-0.2, -0.15) is 0 Å². The van der Waals surface area contributed by atoms with Gasteiger partial charge in [0.25, 0.3) is 5.91 Å². The molecule has 2 aromatic rings. The topological polar surface area (TPSA) is 59.8 Å². The van der Waals surface area contributed by atoms with E-state index in [-0.39, 0.29) is 23.7 Å². The molecule has 0 radical (unpaired) electrons. The Balaban J connectivity index is 2.04. The predicted octanol–water partition coefficient (Wildman–Crippen LogP) is 3.57. The standard InChI is InChI=1S/C16H15Br2NO4/c1-8-6-19(7-9(2)22-8)15(20)12-4-10-3-11(17)5-13(18)14(10)23-16(12)21/h3-5,8-9H,6-7H2,1-2H3. The van der Waals surface area contributed by atoms with Gasteiger partial charge in [0.1, 0.15) is 5.56 Å². The van der Waals surface area contributed by atoms with Crippen LogP contribution in [0.1, 0.15) is 24.2 Å². The molecule has 1 aliphatic heterocycles. The third-order valence-corrected chi connectivity index (χ3v) is 4.74. The maximum atomic E-state index is 12.7. The van der Waals surface area contributed by atoms with Crippen molar-refractivity contribution in [2.75, 3.05) is 13.1 Å². The molecular formula is C16H15Br2NO4. The Hall–Kier alpha value is -1.18. The minimum absolute atomic E-state index is 0.0452. The number of carbonyl (C=O) groups is 1. The van der Waals surface area contributed by atoms with Gasteiger partial charge in [0.2, 0.25) is 0 Å². The van der Waals surface area contributed by atoms with E-state index in [0.29, 0.717) is 28.5 Å². The monoisotopic (exact) mass is 443 g/mol. The summed E-state index contributed by atoms with van der Waals surface area (Å²) >= 11 is 6.76. The first-order chi connectivity index (χ1) is 10.8. The quantitative estimate of drug-likeness (QED) is 0.631. The van der Waals surface area contributed by atoms with Crippen LogP contribution in [0.4, 0.5) is 0 Å². The molecule has 0 saturated carbocycles. The van der Waals surface area contributed by atoms with Gasteiger partial charge >= 0.3 is 5.63 Å². The number of halogens is 2. The molecule has 1 saturated heterocycles. The molecule has 5 nitrogen and oxygen atoms in total. The number of hydrogen-bond acceptors (Lipinski definition) is 4. The van der Waals surface area contributed by atoms with E-state index in [1.165, 1.54) is 0 Å². The Bertz CT molecular complexity index is 823. The van der Waals surface area contributed by atoms with Crippen molar-refractivity contribution < 1.29 is 13.9 Å². The highest BCUT2D eigenvalue weighted by atomic mass is 79.9. The van der Waals surface area contributed by atoms with Gasteiger partial charge in [0.05, 0.1) is 16.7 Å². The summed E-state index contributed by atoms with van der Waals surface area (Å²) in [6, 6.07) is 5.19. The average molecular weight is 445 g/mol. The van der Waals surface area contributed by atoms with Crippen LogP contribution in [0.25, 0.3) is 11.0 Å². The van der Waals surface area contributed by atoms with Gasteiger partial charge < -0.3 is 14.1 Å². The maximum Gasteiger partial charge on any atom is 0.349 e. The molecule has 1 amide bonds.